The van der Waals surface area contributed by atoms with Crippen molar-refractivity contribution in [2.75, 3.05) is 6.61 Å². The number of ether oxygens (including phenoxy) is 1. The molecule has 0 amide bonds. The topological polar surface area (TPSA) is 58.5 Å². The zero-order chi connectivity index (χ0) is 17.6. The molecule has 0 N–H and O–H groups in total. The minimum absolute atomic E-state index is 0.243. The summed E-state index contributed by atoms with van der Waals surface area (Å²) in [6, 6.07) is 19.6. The van der Waals surface area contributed by atoms with Gasteiger partial charge in [-0.1, -0.05) is 58.4 Å². The van der Waals surface area contributed by atoms with Crippen molar-refractivity contribution in [3.8, 4) is 28.5 Å². The quantitative estimate of drug-likeness (QED) is 0.397. The van der Waals surface area contributed by atoms with E-state index >= 15 is 0 Å². The van der Waals surface area contributed by atoms with E-state index in [1.807, 2.05) is 61.5 Å². The molecule has 0 aliphatic heterocycles. The van der Waals surface area contributed by atoms with Crippen molar-refractivity contribution in [3.05, 3.63) is 64.6 Å². The predicted octanol–water partition coefficient (Wildman–Crippen LogP) is 5.94. The van der Waals surface area contributed by atoms with Crippen LogP contribution in [-0.4, -0.2) is 13.0 Å². The lowest BCUT2D eigenvalue weighted by atomic mass is 9.98. The Hall–Kier alpha value is -2.84. The smallest absolute Gasteiger partial charge is 0.240 e. The van der Waals surface area contributed by atoms with E-state index in [9.17, 15) is 5.26 Å². The molecule has 0 bridgehead atoms. The van der Waals surface area contributed by atoms with E-state index < -0.39 is 0 Å². The van der Waals surface area contributed by atoms with Crippen molar-refractivity contribution in [2.24, 2.45) is 4.99 Å². The Morgan fingerprint density at radius 1 is 1.12 bits per heavy atom. The third kappa shape index (κ3) is 3.65. The van der Waals surface area contributed by atoms with Crippen LogP contribution in [0.25, 0.3) is 22.5 Å². The van der Waals surface area contributed by atoms with Crippen molar-refractivity contribution in [1.29, 1.82) is 5.26 Å². The van der Waals surface area contributed by atoms with Crippen molar-refractivity contribution in [3.63, 3.8) is 0 Å². The molecule has 0 saturated carbocycles. The number of rotatable bonds is 5. The normalized spacial score (nSPS) is 10.8. The van der Waals surface area contributed by atoms with Gasteiger partial charge in [-0.15, -0.1) is 0 Å². The van der Waals surface area contributed by atoms with Gasteiger partial charge < -0.3 is 9.15 Å². The maximum Gasteiger partial charge on any atom is 0.240 e. The second-order valence-corrected chi connectivity index (χ2v) is 6.08. The Morgan fingerprint density at radius 2 is 1.84 bits per heavy atom. The van der Waals surface area contributed by atoms with Crippen LogP contribution >= 0.6 is 15.9 Å². The highest BCUT2D eigenvalue weighted by Crippen LogP contribution is 2.42. The van der Waals surface area contributed by atoms with Crippen LogP contribution in [0.3, 0.4) is 0 Å². The van der Waals surface area contributed by atoms with Crippen LogP contribution in [0, 0.1) is 11.3 Å². The maximum absolute atomic E-state index is 9.70. The van der Waals surface area contributed by atoms with Gasteiger partial charge in [0.1, 0.15) is 17.4 Å². The summed E-state index contributed by atoms with van der Waals surface area (Å²) in [6.07, 6.45) is 1.31. The molecular formula is C20H15BrN2O2. The fourth-order valence-corrected chi connectivity index (χ4v) is 2.72. The predicted molar refractivity (Wildman–Crippen MR) is 102 cm³/mol. The number of aliphatic imine (C=N–C) groups is 1. The maximum atomic E-state index is 9.70. The molecule has 0 fully saturated rings. The summed E-state index contributed by atoms with van der Waals surface area (Å²) in [6.45, 7) is 2.36. The number of furan rings is 1. The highest BCUT2D eigenvalue weighted by molar-refractivity contribution is 9.10. The summed E-state index contributed by atoms with van der Waals surface area (Å²) in [5, 5.41) is 9.70. The molecule has 0 spiro atoms. The van der Waals surface area contributed by atoms with E-state index in [0.717, 1.165) is 21.2 Å². The minimum atomic E-state index is 0.243. The van der Waals surface area contributed by atoms with Gasteiger partial charge in [0.05, 0.1) is 6.61 Å². The molecule has 2 aromatic carbocycles. The second kappa shape index (κ2) is 7.82. The van der Waals surface area contributed by atoms with Gasteiger partial charge in [0.15, 0.2) is 6.40 Å². The van der Waals surface area contributed by atoms with Crippen LogP contribution in [0.5, 0.6) is 0 Å². The van der Waals surface area contributed by atoms with Gasteiger partial charge >= 0.3 is 0 Å². The molecule has 0 radical (unpaired) electrons. The Kier molecular flexibility index (Phi) is 5.32. The zero-order valence-electron chi connectivity index (χ0n) is 13.6. The number of nitriles is 1. The SMILES string of the molecule is CCO/C=N/c1oc(-c2ccccc2)c(-c2ccc(Br)cc2)c1C#N. The molecule has 0 aliphatic rings. The lowest BCUT2D eigenvalue weighted by Gasteiger charge is -2.04. The van der Waals surface area contributed by atoms with E-state index in [-0.39, 0.29) is 5.88 Å². The van der Waals surface area contributed by atoms with Crippen molar-refractivity contribution >= 4 is 28.2 Å². The lowest BCUT2D eigenvalue weighted by molar-refractivity contribution is 0.343. The van der Waals surface area contributed by atoms with Gasteiger partial charge in [0.2, 0.25) is 5.88 Å². The van der Waals surface area contributed by atoms with Gasteiger partial charge in [0.25, 0.3) is 0 Å². The van der Waals surface area contributed by atoms with Crippen LogP contribution in [0.15, 0.2) is 68.5 Å². The molecular weight excluding hydrogens is 380 g/mol. The van der Waals surface area contributed by atoms with Gasteiger partial charge in [-0.2, -0.15) is 10.3 Å². The summed E-state index contributed by atoms with van der Waals surface area (Å²) in [5.41, 5.74) is 2.89. The lowest BCUT2D eigenvalue weighted by Crippen LogP contribution is -1.85. The summed E-state index contributed by atoms with van der Waals surface area (Å²) < 4.78 is 12.1. The molecule has 3 aromatic rings. The third-order valence-electron chi connectivity index (χ3n) is 3.58. The van der Waals surface area contributed by atoms with Crippen LogP contribution in [-0.2, 0) is 4.74 Å². The number of hydrogen-bond donors (Lipinski definition) is 0. The molecule has 124 valence electrons. The summed E-state index contributed by atoms with van der Waals surface area (Å²) in [7, 11) is 0. The number of nitrogens with zero attached hydrogens (tertiary/aromatic N) is 2. The average molecular weight is 395 g/mol. The van der Waals surface area contributed by atoms with Crippen LogP contribution in [0.2, 0.25) is 0 Å². The molecule has 1 aromatic heterocycles. The van der Waals surface area contributed by atoms with Crippen molar-refractivity contribution in [1.82, 2.24) is 0 Å². The molecule has 0 unspecified atom stereocenters. The van der Waals surface area contributed by atoms with Crippen LogP contribution < -0.4 is 0 Å². The molecule has 0 atom stereocenters. The fourth-order valence-electron chi connectivity index (χ4n) is 2.46. The Labute approximate surface area is 154 Å². The van der Waals surface area contributed by atoms with Crippen molar-refractivity contribution < 1.29 is 9.15 Å². The molecule has 5 heteroatoms. The Bertz CT molecular complexity index is 923. The Morgan fingerprint density at radius 3 is 2.48 bits per heavy atom. The third-order valence-corrected chi connectivity index (χ3v) is 4.11. The first-order valence-electron chi connectivity index (χ1n) is 7.77. The number of hydrogen-bond acceptors (Lipinski definition) is 4. The van der Waals surface area contributed by atoms with Crippen LogP contribution in [0.1, 0.15) is 12.5 Å². The molecule has 1 heterocycles. The highest BCUT2D eigenvalue weighted by atomic mass is 79.9. The standard InChI is InChI=1S/C20H15BrN2O2/c1-2-24-13-23-20-17(12-22)18(14-8-10-16(21)11-9-14)19(25-20)15-6-4-3-5-7-15/h3-11,13H,2H2,1H3/b23-13+. The van der Waals surface area contributed by atoms with Crippen molar-refractivity contribution in [2.45, 2.75) is 6.92 Å². The monoisotopic (exact) mass is 394 g/mol. The summed E-state index contributed by atoms with van der Waals surface area (Å²) in [4.78, 5) is 4.17. The van der Waals surface area contributed by atoms with Gasteiger partial charge in [-0.25, -0.2) is 0 Å². The molecule has 0 saturated heterocycles. The number of halogens is 1. The number of benzene rings is 2. The second-order valence-electron chi connectivity index (χ2n) is 5.16. The minimum Gasteiger partial charge on any atom is -0.483 e. The fraction of sp³-hybridized carbons (Fsp3) is 0.100. The molecule has 0 aliphatic carbocycles. The van der Waals surface area contributed by atoms with E-state index in [4.69, 9.17) is 9.15 Å². The van der Waals surface area contributed by atoms with Gasteiger partial charge in [-0.3, -0.25) is 0 Å². The molecule has 25 heavy (non-hydrogen) atoms. The first-order valence-corrected chi connectivity index (χ1v) is 8.56. The van der Waals surface area contributed by atoms with E-state index in [1.54, 1.807) is 0 Å². The zero-order valence-corrected chi connectivity index (χ0v) is 15.2. The summed E-state index contributed by atoms with van der Waals surface area (Å²) in [5.74, 6) is 0.857. The van der Waals surface area contributed by atoms with E-state index in [1.165, 1.54) is 6.40 Å². The highest BCUT2D eigenvalue weighted by Gasteiger charge is 2.22. The van der Waals surface area contributed by atoms with E-state index in [2.05, 4.69) is 27.0 Å². The van der Waals surface area contributed by atoms with Gasteiger partial charge in [0, 0.05) is 15.6 Å². The summed E-state index contributed by atoms with van der Waals surface area (Å²) >= 11 is 3.44. The largest absolute Gasteiger partial charge is 0.483 e. The van der Waals surface area contributed by atoms with Crippen LogP contribution in [0.4, 0.5) is 5.88 Å². The first-order chi connectivity index (χ1) is 12.2. The average Bonchev–Trinajstić information content (AvgIpc) is 3.02. The Balaban J connectivity index is 2.22. The first kappa shape index (κ1) is 17.0. The van der Waals surface area contributed by atoms with E-state index in [0.29, 0.717) is 17.9 Å². The van der Waals surface area contributed by atoms with Gasteiger partial charge in [-0.05, 0) is 24.6 Å². The molecule has 3 rings (SSSR count). The molecule has 4 nitrogen and oxygen atoms in total.